The molecule has 0 spiro atoms. The molecule has 0 aliphatic rings. The second kappa shape index (κ2) is 5.98. The highest BCUT2D eigenvalue weighted by molar-refractivity contribution is 5.95. The number of aliphatic hydroxyl groups is 1. The molecule has 0 aliphatic carbocycles. The van der Waals surface area contributed by atoms with Crippen molar-refractivity contribution < 1.29 is 9.90 Å². The van der Waals surface area contributed by atoms with Crippen LogP contribution in [0.3, 0.4) is 0 Å². The van der Waals surface area contributed by atoms with E-state index in [0.717, 1.165) is 5.56 Å². The van der Waals surface area contributed by atoms with E-state index in [4.69, 9.17) is 5.73 Å². The fraction of sp³-hybridized carbons (Fsp3) is 0.500. The lowest BCUT2D eigenvalue weighted by atomic mass is 10.0. The fourth-order valence-corrected chi connectivity index (χ4v) is 1.96. The predicted molar refractivity (Wildman–Crippen MR) is 72.5 cm³/mol. The second-order valence-electron chi connectivity index (χ2n) is 5.17. The van der Waals surface area contributed by atoms with E-state index in [-0.39, 0.29) is 5.91 Å². The van der Waals surface area contributed by atoms with Gasteiger partial charge in [-0.2, -0.15) is 0 Å². The lowest BCUT2D eigenvalue weighted by molar-refractivity contribution is 0.0367. The number of carbonyl (C=O) groups excluding carboxylic acids is 1. The van der Waals surface area contributed by atoms with E-state index in [1.165, 1.54) is 4.90 Å². The van der Waals surface area contributed by atoms with Crippen LogP contribution in [-0.4, -0.2) is 41.7 Å². The summed E-state index contributed by atoms with van der Waals surface area (Å²) in [4.78, 5) is 13.8. The van der Waals surface area contributed by atoms with Crippen molar-refractivity contribution in [1.82, 2.24) is 4.90 Å². The molecule has 0 atom stereocenters. The zero-order valence-corrected chi connectivity index (χ0v) is 11.3. The fourth-order valence-electron chi connectivity index (χ4n) is 1.96. The monoisotopic (exact) mass is 250 g/mol. The Hall–Kier alpha value is -1.39. The molecule has 100 valence electrons. The van der Waals surface area contributed by atoms with E-state index < -0.39 is 5.60 Å². The third-order valence-electron chi connectivity index (χ3n) is 2.63. The summed E-state index contributed by atoms with van der Waals surface area (Å²) in [5.74, 6) is -0.0822. The van der Waals surface area contributed by atoms with Gasteiger partial charge in [-0.3, -0.25) is 4.79 Å². The number of nitrogens with zero attached hydrogens (tertiary/aromatic N) is 1. The zero-order valence-electron chi connectivity index (χ0n) is 11.3. The van der Waals surface area contributed by atoms with Gasteiger partial charge in [-0.15, -0.1) is 0 Å². The standard InChI is InChI=1S/C14H22N2O2/c1-14(2,18)10-16(3)13(17)12-7-5-4-6-11(12)8-9-15/h4-7,18H,8-10,15H2,1-3H3. The van der Waals surface area contributed by atoms with Gasteiger partial charge in [0.1, 0.15) is 0 Å². The van der Waals surface area contributed by atoms with Crippen LogP contribution in [0.25, 0.3) is 0 Å². The Morgan fingerprint density at radius 2 is 2.00 bits per heavy atom. The van der Waals surface area contributed by atoms with Gasteiger partial charge in [0, 0.05) is 19.2 Å². The third kappa shape index (κ3) is 4.13. The van der Waals surface area contributed by atoms with Crippen LogP contribution in [0, 0.1) is 0 Å². The van der Waals surface area contributed by atoms with E-state index in [9.17, 15) is 9.90 Å². The number of benzene rings is 1. The molecule has 4 nitrogen and oxygen atoms in total. The number of rotatable bonds is 5. The number of nitrogens with two attached hydrogens (primary N) is 1. The lowest BCUT2D eigenvalue weighted by Gasteiger charge is -2.26. The van der Waals surface area contributed by atoms with Crippen molar-refractivity contribution in [1.29, 1.82) is 0 Å². The average Bonchev–Trinajstić information content (AvgIpc) is 2.27. The summed E-state index contributed by atoms with van der Waals surface area (Å²) in [6.45, 7) is 4.17. The van der Waals surface area contributed by atoms with E-state index in [0.29, 0.717) is 25.1 Å². The number of amides is 1. The molecule has 3 N–H and O–H groups in total. The van der Waals surface area contributed by atoms with Gasteiger partial charge >= 0.3 is 0 Å². The van der Waals surface area contributed by atoms with Gasteiger partial charge in [-0.25, -0.2) is 0 Å². The highest BCUT2D eigenvalue weighted by Crippen LogP contribution is 2.13. The Bertz CT molecular complexity index is 411. The van der Waals surface area contributed by atoms with Crippen molar-refractivity contribution in [3.8, 4) is 0 Å². The molecule has 1 aromatic rings. The van der Waals surface area contributed by atoms with Gasteiger partial charge in [-0.05, 0) is 38.4 Å². The minimum absolute atomic E-state index is 0.0822. The summed E-state index contributed by atoms with van der Waals surface area (Å²) in [6.07, 6.45) is 0.679. The van der Waals surface area contributed by atoms with E-state index in [2.05, 4.69) is 0 Å². The lowest BCUT2D eigenvalue weighted by Crippen LogP contribution is -2.40. The Morgan fingerprint density at radius 1 is 1.39 bits per heavy atom. The maximum absolute atomic E-state index is 12.3. The number of hydrogen-bond donors (Lipinski definition) is 2. The van der Waals surface area contributed by atoms with Crippen LogP contribution in [0.5, 0.6) is 0 Å². The molecule has 0 fully saturated rings. The minimum atomic E-state index is -0.896. The highest BCUT2D eigenvalue weighted by atomic mass is 16.3. The van der Waals surface area contributed by atoms with E-state index >= 15 is 0 Å². The quantitative estimate of drug-likeness (QED) is 0.820. The first-order chi connectivity index (χ1) is 8.35. The Morgan fingerprint density at radius 3 is 2.56 bits per heavy atom. The largest absolute Gasteiger partial charge is 0.389 e. The number of likely N-dealkylation sites (N-methyl/N-ethyl adjacent to an activating group) is 1. The number of carbonyl (C=O) groups is 1. The summed E-state index contributed by atoms with van der Waals surface area (Å²) in [7, 11) is 1.69. The molecule has 0 heterocycles. The third-order valence-corrected chi connectivity index (χ3v) is 2.63. The first-order valence-corrected chi connectivity index (χ1v) is 6.11. The van der Waals surface area contributed by atoms with Gasteiger partial charge in [-0.1, -0.05) is 18.2 Å². The minimum Gasteiger partial charge on any atom is -0.389 e. The molecule has 0 bridgehead atoms. The summed E-state index contributed by atoms with van der Waals surface area (Å²) >= 11 is 0. The smallest absolute Gasteiger partial charge is 0.253 e. The summed E-state index contributed by atoms with van der Waals surface area (Å²) in [6, 6.07) is 7.45. The maximum atomic E-state index is 12.3. The van der Waals surface area contributed by atoms with Gasteiger partial charge in [0.05, 0.1) is 5.60 Å². The molecule has 0 saturated heterocycles. The van der Waals surface area contributed by atoms with Crippen molar-refractivity contribution in [2.75, 3.05) is 20.1 Å². The molecular weight excluding hydrogens is 228 g/mol. The molecule has 0 aliphatic heterocycles. The Labute approximate surface area is 108 Å². The van der Waals surface area contributed by atoms with Crippen molar-refractivity contribution in [3.05, 3.63) is 35.4 Å². The van der Waals surface area contributed by atoms with Crippen molar-refractivity contribution in [2.24, 2.45) is 5.73 Å². The van der Waals surface area contributed by atoms with Crippen LogP contribution in [0.15, 0.2) is 24.3 Å². The first-order valence-electron chi connectivity index (χ1n) is 6.11. The molecule has 4 heteroatoms. The molecule has 18 heavy (non-hydrogen) atoms. The summed E-state index contributed by atoms with van der Waals surface area (Å²) in [5.41, 5.74) is 6.26. The average molecular weight is 250 g/mol. The second-order valence-corrected chi connectivity index (χ2v) is 5.17. The molecule has 0 unspecified atom stereocenters. The van der Waals surface area contributed by atoms with Crippen LogP contribution < -0.4 is 5.73 Å². The summed E-state index contributed by atoms with van der Waals surface area (Å²) < 4.78 is 0. The van der Waals surface area contributed by atoms with Crippen LogP contribution in [0.2, 0.25) is 0 Å². The number of hydrogen-bond acceptors (Lipinski definition) is 3. The van der Waals surface area contributed by atoms with Crippen LogP contribution >= 0.6 is 0 Å². The van der Waals surface area contributed by atoms with Gasteiger partial charge in [0.2, 0.25) is 0 Å². The first kappa shape index (κ1) is 14.7. The summed E-state index contributed by atoms with van der Waals surface area (Å²) in [5, 5.41) is 9.74. The van der Waals surface area contributed by atoms with Crippen LogP contribution in [-0.2, 0) is 6.42 Å². The zero-order chi connectivity index (χ0) is 13.8. The molecule has 1 amide bonds. The van der Waals surface area contributed by atoms with Crippen LogP contribution in [0.4, 0.5) is 0 Å². The normalized spacial score (nSPS) is 11.4. The van der Waals surface area contributed by atoms with Crippen molar-refractivity contribution >= 4 is 5.91 Å². The molecule has 1 rings (SSSR count). The van der Waals surface area contributed by atoms with Gasteiger partial charge < -0.3 is 15.7 Å². The van der Waals surface area contributed by atoms with Crippen molar-refractivity contribution in [2.45, 2.75) is 25.9 Å². The Balaban J connectivity index is 2.89. The molecule has 0 aromatic heterocycles. The SMILES string of the molecule is CN(CC(C)(C)O)C(=O)c1ccccc1CCN. The van der Waals surface area contributed by atoms with Gasteiger partial charge in [0.15, 0.2) is 0 Å². The van der Waals surface area contributed by atoms with Crippen LogP contribution in [0.1, 0.15) is 29.8 Å². The van der Waals surface area contributed by atoms with Gasteiger partial charge in [0.25, 0.3) is 5.91 Å². The predicted octanol–water partition coefficient (Wildman–Crippen LogP) is 1.03. The van der Waals surface area contributed by atoms with E-state index in [1.807, 2.05) is 18.2 Å². The van der Waals surface area contributed by atoms with Crippen molar-refractivity contribution in [3.63, 3.8) is 0 Å². The molecule has 0 saturated carbocycles. The molecule has 0 radical (unpaired) electrons. The maximum Gasteiger partial charge on any atom is 0.253 e. The Kier molecular flexibility index (Phi) is 4.87. The highest BCUT2D eigenvalue weighted by Gasteiger charge is 2.21. The topological polar surface area (TPSA) is 66.6 Å². The van der Waals surface area contributed by atoms with E-state index in [1.54, 1.807) is 27.0 Å². The molecular formula is C14H22N2O2. The molecule has 1 aromatic carbocycles.